The quantitative estimate of drug-likeness (QED) is 0.433. The molecule has 157 valence electrons. The van der Waals surface area contributed by atoms with Gasteiger partial charge in [0.2, 0.25) is 0 Å². The first-order chi connectivity index (χ1) is 13.4. The number of carboxylic acid groups (broad SMARTS) is 2. The Hall–Kier alpha value is -3.75. The maximum absolute atomic E-state index is 11.3. The molecule has 1 radical (unpaired) electrons. The summed E-state index contributed by atoms with van der Waals surface area (Å²) in [5.41, 5.74) is 0.182. The Morgan fingerprint density at radius 1 is 0.667 bits per heavy atom. The summed E-state index contributed by atoms with van der Waals surface area (Å²) in [6, 6.07) is 15.3. The summed E-state index contributed by atoms with van der Waals surface area (Å²) in [7, 11) is 0. The zero-order chi connectivity index (χ0) is 20.3. The smallest absolute Gasteiger partial charge is 0.871 e. The van der Waals surface area contributed by atoms with Gasteiger partial charge in [0, 0.05) is 0 Å². The van der Waals surface area contributed by atoms with Crippen LogP contribution in [0, 0.1) is 0 Å². The largest absolute Gasteiger partial charge is 2.00 e. The molecule has 0 amide bonds. The van der Waals surface area contributed by atoms with E-state index in [-0.39, 0.29) is 55.7 Å². The second-order valence-electron chi connectivity index (χ2n) is 5.66. The van der Waals surface area contributed by atoms with Gasteiger partial charge in [-0.15, -0.1) is 0 Å². The van der Waals surface area contributed by atoms with E-state index in [4.69, 9.17) is 10.2 Å². The van der Waals surface area contributed by atoms with Gasteiger partial charge in [0.15, 0.2) is 0 Å². The van der Waals surface area contributed by atoms with Crippen LogP contribution in [0.3, 0.4) is 0 Å². The maximum Gasteiger partial charge on any atom is 2.00 e. The molecule has 0 atom stereocenters. The number of pyridine rings is 2. The van der Waals surface area contributed by atoms with Gasteiger partial charge in [-0.2, -0.15) is 0 Å². The second kappa shape index (κ2) is 10.1. The van der Waals surface area contributed by atoms with Crippen molar-refractivity contribution < 1.29 is 51.8 Å². The van der Waals surface area contributed by atoms with Gasteiger partial charge in [0.1, 0.15) is 11.4 Å². The standard InChI is InChI=1S/2C10H7NO3.Cu.FH/c2*12-8-3-1-2-6-4-5-7(10(13)14)11-9(6)8;;/h2*1-5,12H,(H,13,14);;1H/q;;+2;/p-2. The fourth-order valence-electron chi connectivity index (χ4n) is 2.48. The van der Waals surface area contributed by atoms with Gasteiger partial charge in [-0.25, -0.2) is 19.6 Å². The van der Waals surface area contributed by atoms with Crippen molar-refractivity contribution in [3.8, 4) is 11.5 Å². The Balaban J connectivity index is 0.000000281. The maximum atomic E-state index is 11.3. The third kappa shape index (κ3) is 5.19. The van der Waals surface area contributed by atoms with Gasteiger partial charge in [0.05, 0.1) is 11.0 Å². The molecule has 2 aromatic heterocycles. The minimum absolute atomic E-state index is 0. The number of hydrogen-bond donors (Lipinski definition) is 2. The van der Waals surface area contributed by atoms with Crippen molar-refractivity contribution in [1.29, 1.82) is 0 Å². The molecule has 4 rings (SSSR count). The number of nitrogens with zero attached hydrogens (tertiary/aromatic N) is 2. The molecule has 2 heterocycles. The average Bonchev–Trinajstić information content (AvgIpc) is 2.68. The molecule has 0 fully saturated rings. The summed E-state index contributed by atoms with van der Waals surface area (Å²) in [5, 5.41) is 41.2. The van der Waals surface area contributed by atoms with Crippen LogP contribution < -0.4 is 10.2 Å². The third-order valence-corrected chi connectivity index (χ3v) is 3.80. The SMILES string of the molecule is F.O=C(O)c1ccc2cccc([O-])c2n1.O=C(O)c1ccc2cccc([O-])c2n1.[Cu+2]. The van der Waals surface area contributed by atoms with Crippen LogP contribution in [-0.4, -0.2) is 32.1 Å². The number of halogens is 1. The molecule has 4 aromatic rings. The molecule has 0 bridgehead atoms. The topological polar surface area (TPSA) is 146 Å². The Labute approximate surface area is 179 Å². The van der Waals surface area contributed by atoms with E-state index in [0.29, 0.717) is 10.8 Å². The first-order valence-corrected chi connectivity index (χ1v) is 7.97. The zero-order valence-corrected chi connectivity index (χ0v) is 15.8. The molecule has 0 spiro atoms. The van der Waals surface area contributed by atoms with Gasteiger partial charge in [0.25, 0.3) is 0 Å². The van der Waals surface area contributed by atoms with Gasteiger partial charge in [-0.05, 0) is 22.9 Å². The van der Waals surface area contributed by atoms with Crippen LogP contribution in [0.4, 0.5) is 4.70 Å². The van der Waals surface area contributed by atoms with Gasteiger partial charge in [-0.1, -0.05) is 60.0 Å². The van der Waals surface area contributed by atoms with E-state index in [0.717, 1.165) is 0 Å². The van der Waals surface area contributed by atoms with Crippen LogP contribution in [0.25, 0.3) is 21.8 Å². The van der Waals surface area contributed by atoms with Crippen molar-refractivity contribution in [3.05, 3.63) is 72.1 Å². The van der Waals surface area contributed by atoms with E-state index >= 15 is 0 Å². The van der Waals surface area contributed by atoms with E-state index in [1.807, 2.05) is 0 Å². The number of aromatic nitrogens is 2. The molecule has 0 saturated carbocycles. The van der Waals surface area contributed by atoms with Crippen molar-refractivity contribution in [2.24, 2.45) is 0 Å². The number of carbonyl (C=O) groups is 2. The molecule has 2 N–H and O–H groups in total. The summed E-state index contributed by atoms with van der Waals surface area (Å²) < 4.78 is 0. The number of para-hydroxylation sites is 2. The van der Waals surface area contributed by atoms with Crippen LogP contribution >= 0.6 is 0 Å². The van der Waals surface area contributed by atoms with Gasteiger partial charge in [-0.3, -0.25) is 4.70 Å². The fraction of sp³-hybridized carbons (Fsp3) is 0. The van der Waals surface area contributed by atoms with Gasteiger partial charge < -0.3 is 20.4 Å². The number of hydrogen-bond acceptors (Lipinski definition) is 6. The molecule has 0 aliphatic carbocycles. The minimum atomic E-state index is -1.13. The van der Waals surface area contributed by atoms with Crippen molar-refractivity contribution in [3.63, 3.8) is 0 Å². The molecule has 2 aromatic carbocycles. The number of fused-ring (bicyclic) bond motifs is 2. The molecule has 10 heteroatoms. The molecule has 0 unspecified atom stereocenters. The average molecular weight is 460 g/mol. The number of aromatic carboxylic acids is 2. The predicted octanol–water partition coefficient (Wildman–Crippen LogP) is 2.16. The second-order valence-corrected chi connectivity index (χ2v) is 5.66. The Bertz CT molecular complexity index is 1120. The molecule has 0 saturated heterocycles. The minimum Gasteiger partial charge on any atom is -0.871 e. The van der Waals surface area contributed by atoms with E-state index in [1.54, 1.807) is 36.4 Å². The Morgan fingerprint density at radius 2 is 1.03 bits per heavy atom. The third-order valence-electron chi connectivity index (χ3n) is 3.80. The van der Waals surface area contributed by atoms with Crippen LogP contribution in [-0.2, 0) is 17.1 Å². The molecule has 8 nitrogen and oxygen atoms in total. The molecular weight excluding hydrogens is 447 g/mol. The fourth-order valence-corrected chi connectivity index (χ4v) is 2.48. The van der Waals surface area contributed by atoms with Crippen LogP contribution in [0.15, 0.2) is 60.7 Å². The molecule has 30 heavy (non-hydrogen) atoms. The van der Waals surface area contributed by atoms with Crippen molar-refractivity contribution in [2.75, 3.05) is 0 Å². The Morgan fingerprint density at radius 3 is 1.37 bits per heavy atom. The first kappa shape index (κ1) is 24.3. The van der Waals surface area contributed by atoms with Crippen LogP contribution in [0.1, 0.15) is 21.0 Å². The number of carboxylic acids is 2. The van der Waals surface area contributed by atoms with Crippen molar-refractivity contribution >= 4 is 33.7 Å². The van der Waals surface area contributed by atoms with E-state index in [1.165, 1.54) is 24.3 Å². The Kier molecular flexibility index (Phi) is 8.22. The van der Waals surface area contributed by atoms with Crippen molar-refractivity contribution in [1.82, 2.24) is 9.97 Å². The summed E-state index contributed by atoms with van der Waals surface area (Å²) in [6.45, 7) is 0. The van der Waals surface area contributed by atoms with Crippen molar-refractivity contribution in [2.45, 2.75) is 0 Å². The predicted molar refractivity (Wildman–Crippen MR) is 98.8 cm³/mol. The van der Waals surface area contributed by atoms with E-state index in [9.17, 15) is 19.8 Å². The molecule has 0 aliphatic heterocycles. The molecule has 0 aliphatic rings. The normalized spacial score (nSPS) is 9.60. The summed E-state index contributed by atoms with van der Waals surface area (Å²) in [5.74, 6) is -2.78. The van der Waals surface area contributed by atoms with E-state index in [2.05, 4.69) is 9.97 Å². The van der Waals surface area contributed by atoms with Gasteiger partial charge >= 0.3 is 29.0 Å². The summed E-state index contributed by atoms with van der Waals surface area (Å²) in [4.78, 5) is 28.7. The molecular formula is C20H13CuFN2O6. The summed E-state index contributed by atoms with van der Waals surface area (Å²) in [6.07, 6.45) is 0. The monoisotopic (exact) mass is 459 g/mol. The number of rotatable bonds is 2. The zero-order valence-electron chi connectivity index (χ0n) is 14.9. The number of benzene rings is 2. The van der Waals surface area contributed by atoms with Crippen LogP contribution in [0.2, 0.25) is 0 Å². The first-order valence-electron chi connectivity index (χ1n) is 7.97. The van der Waals surface area contributed by atoms with E-state index < -0.39 is 11.9 Å². The summed E-state index contributed by atoms with van der Waals surface area (Å²) >= 11 is 0. The van der Waals surface area contributed by atoms with Crippen LogP contribution in [0.5, 0.6) is 11.5 Å².